The van der Waals surface area contributed by atoms with Gasteiger partial charge in [-0.25, -0.2) is 0 Å². The maximum Gasteiger partial charge on any atom is 0.0599 e. The molecule has 1 heteroatoms. The number of hydrogen-bond acceptors (Lipinski definition) is 1. The summed E-state index contributed by atoms with van der Waals surface area (Å²) in [6.45, 7) is 7.88. The molecule has 0 aromatic rings. The van der Waals surface area contributed by atoms with E-state index in [9.17, 15) is 0 Å². The zero-order valence-corrected chi connectivity index (χ0v) is 8.21. The lowest BCUT2D eigenvalue weighted by Gasteiger charge is -2.18. The van der Waals surface area contributed by atoms with E-state index in [1.54, 1.807) is 0 Å². The van der Waals surface area contributed by atoms with Crippen LogP contribution in [-0.4, -0.2) is 24.5 Å². The van der Waals surface area contributed by atoms with Crippen LogP contribution in [0.4, 0.5) is 0 Å². The Balaban J connectivity index is 2.42. The van der Waals surface area contributed by atoms with Crippen LogP contribution >= 0.6 is 0 Å². The van der Waals surface area contributed by atoms with Crippen LogP contribution < -0.4 is 0 Å². The maximum absolute atomic E-state index is 5.30. The zero-order chi connectivity index (χ0) is 8.97. The Morgan fingerprint density at radius 3 is 2.83 bits per heavy atom. The van der Waals surface area contributed by atoms with Crippen molar-refractivity contribution in [3.05, 3.63) is 0 Å². The summed E-state index contributed by atoms with van der Waals surface area (Å²) in [4.78, 5) is 2.40. The lowest BCUT2D eigenvalue weighted by molar-refractivity contribution is 0.286. The molecule has 2 unspecified atom stereocenters. The predicted octanol–water partition coefficient (Wildman–Crippen LogP) is 1.99. The first-order valence-corrected chi connectivity index (χ1v) is 4.88. The van der Waals surface area contributed by atoms with Gasteiger partial charge in [0.2, 0.25) is 0 Å². The molecule has 0 saturated carbocycles. The molecule has 1 aliphatic heterocycles. The van der Waals surface area contributed by atoms with Gasteiger partial charge in [-0.3, -0.25) is 4.90 Å². The molecule has 1 fully saturated rings. The van der Waals surface area contributed by atoms with Crippen molar-refractivity contribution < 1.29 is 0 Å². The second-order valence-corrected chi connectivity index (χ2v) is 4.17. The molecule has 1 saturated heterocycles. The maximum atomic E-state index is 5.30. The van der Waals surface area contributed by atoms with Gasteiger partial charge in [0.1, 0.15) is 0 Å². The Kier molecular flexibility index (Phi) is 3.62. The number of likely N-dealkylation sites (tertiary alicyclic amines) is 1. The Hall–Kier alpha value is -0.480. The number of hydrogen-bond donors (Lipinski definition) is 0. The van der Waals surface area contributed by atoms with Gasteiger partial charge in [0, 0.05) is 6.54 Å². The lowest BCUT2D eigenvalue weighted by Crippen LogP contribution is -2.27. The molecule has 1 aliphatic rings. The van der Waals surface area contributed by atoms with Crippen LogP contribution in [0.3, 0.4) is 0 Å². The van der Waals surface area contributed by atoms with E-state index in [2.05, 4.69) is 24.7 Å². The molecular formula is C11H19N. The quantitative estimate of drug-likeness (QED) is 0.537. The van der Waals surface area contributed by atoms with Gasteiger partial charge in [0.05, 0.1) is 6.54 Å². The van der Waals surface area contributed by atoms with Gasteiger partial charge in [-0.2, -0.15) is 0 Å². The molecule has 0 aliphatic carbocycles. The molecule has 1 heterocycles. The van der Waals surface area contributed by atoms with Crippen LogP contribution in [0.15, 0.2) is 0 Å². The van der Waals surface area contributed by atoms with Crippen LogP contribution in [-0.2, 0) is 0 Å². The fourth-order valence-corrected chi connectivity index (χ4v) is 2.09. The molecule has 0 aromatic heterocycles. The van der Waals surface area contributed by atoms with Crippen molar-refractivity contribution in [3.63, 3.8) is 0 Å². The summed E-state index contributed by atoms with van der Waals surface area (Å²) < 4.78 is 0. The number of nitrogens with zero attached hydrogens (tertiary/aromatic N) is 1. The molecule has 0 aromatic carbocycles. The lowest BCUT2D eigenvalue weighted by atomic mass is 9.97. The Labute approximate surface area is 76.1 Å². The summed E-state index contributed by atoms with van der Waals surface area (Å²) >= 11 is 0. The van der Waals surface area contributed by atoms with Crippen LogP contribution in [0, 0.1) is 24.2 Å². The van der Waals surface area contributed by atoms with E-state index in [4.69, 9.17) is 6.42 Å². The predicted molar refractivity (Wildman–Crippen MR) is 52.8 cm³/mol. The minimum atomic E-state index is 0.816. The third-order valence-corrected chi connectivity index (χ3v) is 2.63. The Morgan fingerprint density at radius 1 is 1.42 bits per heavy atom. The highest BCUT2D eigenvalue weighted by molar-refractivity contribution is 4.89. The van der Waals surface area contributed by atoms with Gasteiger partial charge < -0.3 is 0 Å². The van der Waals surface area contributed by atoms with Gasteiger partial charge >= 0.3 is 0 Å². The van der Waals surface area contributed by atoms with Crippen molar-refractivity contribution in [2.45, 2.75) is 26.7 Å². The van der Waals surface area contributed by atoms with E-state index < -0.39 is 0 Å². The van der Waals surface area contributed by atoms with Gasteiger partial charge in [0.15, 0.2) is 0 Å². The average Bonchev–Trinajstić information content (AvgIpc) is 2.13. The first kappa shape index (κ1) is 9.61. The minimum absolute atomic E-state index is 0.816. The molecule has 0 radical (unpaired) electrons. The SMILES string of the molecule is C#CCN1CCC(C)CC(C)C1. The van der Waals surface area contributed by atoms with E-state index in [1.165, 1.54) is 25.9 Å². The van der Waals surface area contributed by atoms with E-state index in [-0.39, 0.29) is 0 Å². The van der Waals surface area contributed by atoms with Crippen molar-refractivity contribution in [3.8, 4) is 12.3 Å². The summed E-state index contributed by atoms with van der Waals surface area (Å²) in [5.74, 6) is 4.42. The number of terminal acetylenes is 1. The molecule has 0 bridgehead atoms. The third kappa shape index (κ3) is 2.87. The summed E-state index contributed by atoms with van der Waals surface area (Å²) in [6, 6.07) is 0. The summed E-state index contributed by atoms with van der Waals surface area (Å²) in [5, 5.41) is 0. The molecule has 0 amide bonds. The normalized spacial score (nSPS) is 32.4. The van der Waals surface area contributed by atoms with E-state index in [1.807, 2.05) is 0 Å². The fourth-order valence-electron chi connectivity index (χ4n) is 2.09. The molecular weight excluding hydrogens is 146 g/mol. The molecule has 1 rings (SSSR count). The fraction of sp³-hybridized carbons (Fsp3) is 0.818. The second kappa shape index (κ2) is 4.52. The van der Waals surface area contributed by atoms with Gasteiger partial charge in [0.25, 0.3) is 0 Å². The summed E-state index contributed by atoms with van der Waals surface area (Å²) in [6.07, 6.45) is 7.97. The highest BCUT2D eigenvalue weighted by atomic mass is 15.1. The van der Waals surface area contributed by atoms with Crippen LogP contribution in [0.25, 0.3) is 0 Å². The van der Waals surface area contributed by atoms with E-state index in [0.717, 1.165) is 18.4 Å². The highest BCUT2D eigenvalue weighted by Crippen LogP contribution is 2.20. The first-order chi connectivity index (χ1) is 5.72. The largest absolute Gasteiger partial charge is 0.292 e. The van der Waals surface area contributed by atoms with Crippen molar-refractivity contribution in [2.75, 3.05) is 19.6 Å². The first-order valence-electron chi connectivity index (χ1n) is 4.88. The average molecular weight is 165 g/mol. The molecule has 1 nitrogen and oxygen atoms in total. The monoisotopic (exact) mass is 165 g/mol. The van der Waals surface area contributed by atoms with Crippen molar-refractivity contribution in [1.29, 1.82) is 0 Å². The third-order valence-electron chi connectivity index (χ3n) is 2.63. The zero-order valence-electron chi connectivity index (χ0n) is 8.21. The summed E-state index contributed by atoms with van der Waals surface area (Å²) in [7, 11) is 0. The smallest absolute Gasteiger partial charge is 0.0599 e. The minimum Gasteiger partial charge on any atom is -0.292 e. The molecule has 12 heavy (non-hydrogen) atoms. The van der Waals surface area contributed by atoms with Crippen LogP contribution in [0.2, 0.25) is 0 Å². The molecule has 0 spiro atoms. The van der Waals surface area contributed by atoms with E-state index >= 15 is 0 Å². The van der Waals surface area contributed by atoms with E-state index in [0.29, 0.717) is 0 Å². The second-order valence-electron chi connectivity index (χ2n) is 4.17. The Morgan fingerprint density at radius 2 is 2.17 bits per heavy atom. The molecule has 68 valence electrons. The van der Waals surface area contributed by atoms with Crippen molar-refractivity contribution in [2.24, 2.45) is 11.8 Å². The molecule has 0 N–H and O–H groups in total. The van der Waals surface area contributed by atoms with Gasteiger partial charge in [-0.15, -0.1) is 6.42 Å². The van der Waals surface area contributed by atoms with Crippen LogP contribution in [0.5, 0.6) is 0 Å². The van der Waals surface area contributed by atoms with Crippen LogP contribution in [0.1, 0.15) is 26.7 Å². The van der Waals surface area contributed by atoms with Crippen molar-refractivity contribution in [1.82, 2.24) is 4.90 Å². The highest BCUT2D eigenvalue weighted by Gasteiger charge is 2.17. The van der Waals surface area contributed by atoms with Gasteiger partial charge in [-0.1, -0.05) is 19.8 Å². The standard InChI is InChI=1S/C11H19N/c1-4-6-12-7-5-10(2)8-11(3)9-12/h1,10-11H,5-9H2,2-3H3. The van der Waals surface area contributed by atoms with Gasteiger partial charge in [-0.05, 0) is 31.2 Å². The number of rotatable bonds is 1. The topological polar surface area (TPSA) is 3.24 Å². The Bertz CT molecular complexity index is 168. The van der Waals surface area contributed by atoms with Crippen molar-refractivity contribution >= 4 is 0 Å². The molecule has 2 atom stereocenters. The summed E-state index contributed by atoms with van der Waals surface area (Å²) in [5.41, 5.74) is 0.